The molecule has 162 valence electrons. The van der Waals surface area contributed by atoms with Crippen LogP contribution >= 0.6 is 24.0 Å². The van der Waals surface area contributed by atoms with Crippen molar-refractivity contribution in [1.82, 2.24) is 10.6 Å². The average molecular weight is 522 g/mol. The summed E-state index contributed by atoms with van der Waals surface area (Å²) in [5.74, 6) is 1.56. The van der Waals surface area contributed by atoms with Gasteiger partial charge in [0.15, 0.2) is 12.6 Å². The number of aliphatic imine (C=N–C) groups is 1. The highest BCUT2D eigenvalue weighted by molar-refractivity contribution is 14.0. The normalized spacial score (nSPS) is 14.3. The Labute approximate surface area is 196 Å². The number of amides is 1. The maximum Gasteiger partial charge on any atom is 0.265 e. The average Bonchev–Trinajstić information content (AvgIpc) is 2.76. The summed E-state index contributed by atoms with van der Waals surface area (Å²) >= 11 is 0. The molecule has 1 heterocycles. The van der Waals surface area contributed by atoms with Gasteiger partial charge in [0.25, 0.3) is 5.91 Å². The highest BCUT2D eigenvalue weighted by Gasteiger charge is 2.24. The monoisotopic (exact) mass is 522 g/mol. The zero-order chi connectivity index (χ0) is 20.5. The third kappa shape index (κ3) is 6.90. The molecule has 1 amide bonds. The molecular formula is C23H31IN4O2. The fourth-order valence-electron chi connectivity index (χ4n) is 3.37. The maximum absolute atomic E-state index is 12.2. The van der Waals surface area contributed by atoms with Gasteiger partial charge in [-0.05, 0) is 43.9 Å². The van der Waals surface area contributed by atoms with Crippen molar-refractivity contribution in [2.75, 3.05) is 31.6 Å². The molecule has 7 heteroatoms. The first-order valence-corrected chi connectivity index (χ1v) is 10.2. The van der Waals surface area contributed by atoms with Crippen LogP contribution in [0.2, 0.25) is 0 Å². The molecule has 0 aromatic heterocycles. The number of carbonyl (C=O) groups is 1. The predicted octanol–water partition coefficient (Wildman–Crippen LogP) is 3.61. The molecule has 30 heavy (non-hydrogen) atoms. The Kier molecular flexibility index (Phi) is 9.93. The van der Waals surface area contributed by atoms with Gasteiger partial charge in [-0.2, -0.15) is 0 Å². The fraction of sp³-hybridized carbons (Fsp3) is 0.391. The van der Waals surface area contributed by atoms with Gasteiger partial charge in [-0.3, -0.25) is 9.79 Å². The Hall–Kier alpha value is -2.29. The van der Waals surface area contributed by atoms with Crippen molar-refractivity contribution >= 4 is 41.5 Å². The lowest BCUT2D eigenvalue weighted by atomic mass is 10.1. The van der Waals surface area contributed by atoms with Crippen LogP contribution in [-0.2, 0) is 11.2 Å². The molecule has 2 aromatic carbocycles. The van der Waals surface area contributed by atoms with E-state index in [4.69, 9.17) is 4.74 Å². The van der Waals surface area contributed by atoms with E-state index in [1.54, 1.807) is 11.9 Å². The van der Waals surface area contributed by atoms with Crippen molar-refractivity contribution < 1.29 is 9.53 Å². The number of ether oxygens (including phenoxy) is 1. The van der Waals surface area contributed by atoms with Gasteiger partial charge in [0.1, 0.15) is 5.75 Å². The zero-order valence-corrected chi connectivity index (χ0v) is 20.0. The topological polar surface area (TPSA) is 66.0 Å². The van der Waals surface area contributed by atoms with Gasteiger partial charge in [0.05, 0.1) is 5.69 Å². The van der Waals surface area contributed by atoms with E-state index in [9.17, 15) is 4.79 Å². The van der Waals surface area contributed by atoms with Gasteiger partial charge >= 0.3 is 0 Å². The molecule has 2 aromatic rings. The number of rotatable bonds is 8. The second kappa shape index (κ2) is 12.4. The number of carbonyl (C=O) groups excluding carboxylic acids is 1. The molecule has 1 atom stereocenters. The first-order valence-electron chi connectivity index (χ1n) is 10.2. The van der Waals surface area contributed by atoms with Gasteiger partial charge in [-0.1, -0.05) is 42.5 Å². The minimum atomic E-state index is 0. The van der Waals surface area contributed by atoms with Gasteiger partial charge in [0, 0.05) is 26.2 Å². The van der Waals surface area contributed by atoms with Crippen molar-refractivity contribution in [2.45, 2.75) is 32.2 Å². The highest BCUT2D eigenvalue weighted by atomic mass is 127. The Balaban J connectivity index is 0.00000320. The summed E-state index contributed by atoms with van der Waals surface area (Å²) in [6.45, 7) is 3.65. The summed E-state index contributed by atoms with van der Waals surface area (Å²) in [4.78, 5) is 18.3. The Morgan fingerprint density at radius 1 is 1.17 bits per heavy atom. The van der Waals surface area contributed by atoms with Gasteiger partial charge < -0.3 is 20.3 Å². The summed E-state index contributed by atoms with van der Waals surface area (Å²) < 4.78 is 5.49. The van der Waals surface area contributed by atoms with E-state index in [2.05, 4.69) is 46.8 Å². The van der Waals surface area contributed by atoms with E-state index in [-0.39, 0.29) is 36.5 Å². The largest absolute Gasteiger partial charge is 0.482 e. The maximum atomic E-state index is 12.2. The number of para-hydroxylation sites is 2. The lowest BCUT2D eigenvalue weighted by Crippen LogP contribution is -2.44. The number of aryl methyl sites for hydroxylation is 1. The molecule has 6 nitrogen and oxygen atoms in total. The van der Waals surface area contributed by atoms with E-state index in [1.165, 1.54) is 5.56 Å². The molecule has 0 spiro atoms. The summed E-state index contributed by atoms with van der Waals surface area (Å²) in [6, 6.07) is 18.5. The van der Waals surface area contributed by atoms with Crippen molar-refractivity contribution in [2.24, 2.45) is 4.99 Å². The van der Waals surface area contributed by atoms with Crippen molar-refractivity contribution in [3.63, 3.8) is 0 Å². The zero-order valence-electron chi connectivity index (χ0n) is 17.6. The first kappa shape index (κ1) is 24.0. The first-order chi connectivity index (χ1) is 14.2. The van der Waals surface area contributed by atoms with Crippen LogP contribution < -0.4 is 20.3 Å². The van der Waals surface area contributed by atoms with Crippen LogP contribution in [0.5, 0.6) is 5.75 Å². The minimum absolute atomic E-state index is 0. The molecule has 0 saturated heterocycles. The van der Waals surface area contributed by atoms with E-state index in [0.29, 0.717) is 12.6 Å². The Bertz CT molecular complexity index is 829. The molecule has 0 aliphatic carbocycles. The van der Waals surface area contributed by atoms with Crippen LogP contribution in [0.15, 0.2) is 59.6 Å². The molecule has 0 bridgehead atoms. The number of hydrogen-bond acceptors (Lipinski definition) is 3. The lowest BCUT2D eigenvalue weighted by molar-refractivity contribution is -0.121. The van der Waals surface area contributed by atoms with Gasteiger partial charge in [-0.15, -0.1) is 24.0 Å². The van der Waals surface area contributed by atoms with Crippen LogP contribution in [0.4, 0.5) is 5.69 Å². The number of hydrogen-bond donors (Lipinski definition) is 2. The van der Waals surface area contributed by atoms with Crippen LogP contribution in [0, 0.1) is 0 Å². The summed E-state index contributed by atoms with van der Waals surface area (Å²) in [5, 5.41) is 6.78. The molecule has 1 aliphatic rings. The van der Waals surface area contributed by atoms with Crippen molar-refractivity contribution in [1.29, 1.82) is 0 Å². The molecule has 2 N–H and O–H groups in total. The van der Waals surface area contributed by atoms with Crippen molar-refractivity contribution in [3.8, 4) is 5.75 Å². The molecule has 0 radical (unpaired) electrons. The minimum Gasteiger partial charge on any atom is -0.482 e. The molecule has 1 aliphatic heterocycles. The molecule has 1 unspecified atom stereocenters. The number of nitrogens with one attached hydrogen (secondary N) is 2. The number of anilines is 1. The van der Waals surface area contributed by atoms with Crippen LogP contribution in [0.1, 0.15) is 25.3 Å². The van der Waals surface area contributed by atoms with Gasteiger partial charge in [0.2, 0.25) is 0 Å². The second-order valence-corrected chi connectivity index (χ2v) is 7.22. The fourth-order valence-corrected chi connectivity index (χ4v) is 3.37. The number of guanidine groups is 1. The predicted molar refractivity (Wildman–Crippen MR) is 133 cm³/mol. The standard InChI is InChI=1S/C23H30N4O2.HI/c1-18(13-14-19-9-4-3-5-10-19)26-23(24-2)25-15-8-16-27-20-11-6-7-12-21(20)29-17-22(27)28;/h3-7,9-12,18H,8,13-17H2,1-2H3,(H2,24,25,26);1H. The molecule has 0 fully saturated rings. The highest BCUT2D eigenvalue weighted by Crippen LogP contribution is 2.31. The Morgan fingerprint density at radius 2 is 1.90 bits per heavy atom. The smallest absolute Gasteiger partial charge is 0.265 e. The Morgan fingerprint density at radius 3 is 2.67 bits per heavy atom. The molecular weight excluding hydrogens is 491 g/mol. The number of benzene rings is 2. The van der Waals surface area contributed by atoms with E-state index >= 15 is 0 Å². The lowest BCUT2D eigenvalue weighted by Gasteiger charge is -2.29. The molecule has 3 rings (SSSR count). The van der Waals surface area contributed by atoms with E-state index < -0.39 is 0 Å². The number of nitrogens with zero attached hydrogens (tertiary/aromatic N) is 2. The summed E-state index contributed by atoms with van der Waals surface area (Å²) in [7, 11) is 1.78. The van der Waals surface area contributed by atoms with E-state index in [1.807, 2.05) is 30.3 Å². The third-order valence-electron chi connectivity index (χ3n) is 4.97. The number of fused-ring (bicyclic) bond motifs is 1. The summed E-state index contributed by atoms with van der Waals surface area (Å²) in [5.41, 5.74) is 2.19. The van der Waals surface area contributed by atoms with Crippen LogP contribution in [0.3, 0.4) is 0 Å². The SMILES string of the molecule is CN=C(NCCCN1C(=O)COc2ccccc21)NC(C)CCc1ccccc1.I. The summed E-state index contributed by atoms with van der Waals surface area (Å²) in [6.07, 6.45) is 2.88. The van der Waals surface area contributed by atoms with Crippen LogP contribution in [-0.4, -0.2) is 44.7 Å². The quantitative estimate of drug-likeness (QED) is 0.241. The third-order valence-corrected chi connectivity index (χ3v) is 4.97. The molecule has 0 saturated carbocycles. The number of halogens is 1. The van der Waals surface area contributed by atoms with Crippen molar-refractivity contribution in [3.05, 3.63) is 60.2 Å². The van der Waals surface area contributed by atoms with Gasteiger partial charge in [-0.25, -0.2) is 0 Å². The van der Waals surface area contributed by atoms with Crippen LogP contribution in [0.25, 0.3) is 0 Å². The van der Waals surface area contributed by atoms with E-state index in [0.717, 1.165) is 43.2 Å². The second-order valence-electron chi connectivity index (χ2n) is 7.22.